The smallest absolute Gasteiger partial charge is 0.222 e. The Morgan fingerprint density at radius 2 is 1.94 bits per heavy atom. The van der Waals surface area contributed by atoms with Crippen molar-refractivity contribution in [2.45, 2.75) is 39.2 Å². The maximum atomic E-state index is 11.7. The Labute approximate surface area is 97.8 Å². The Balaban J connectivity index is 2.39. The molecule has 0 radical (unpaired) electrons. The molecule has 1 saturated heterocycles. The van der Waals surface area contributed by atoms with Gasteiger partial charge in [-0.15, -0.1) is 0 Å². The molecule has 4 nitrogen and oxygen atoms in total. The zero-order valence-electron chi connectivity index (χ0n) is 10.3. The van der Waals surface area contributed by atoms with Crippen LogP contribution in [-0.2, 0) is 4.79 Å². The van der Waals surface area contributed by atoms with Crippen molar-refractivity contribution in [1.82, 2.24) is 9.80 Å². The van der Waals surface area contributed by atoms with E-state index in [0.717, 1.165) is 39.0 Å². The second-order valence-corrected chi connectivity index (χ2v) is 4.22. The van der Waals surface area contributed by atoms with E-state index >= 15 is 0 Å². The first-order valence-electron chi connectivity index (χ1n) is 6.14. The van der Waals surface area contributed by atoms with E-state index in [4.69, 9.17) is 5.26 Å². The Hall–Kier alpha value is -1.08. The molecule has 0 aliphatic carbocycles. The molecule has 0 aromatic rings. The molecule has 0 bridgehead atoms. The van der Waals surface area contributed by atoms with Crippen LogP contribution in [0.3, 0.4) is 0 Å². The van der Waals surface area contributed by atoms with Gasteiger partial charge in [0, 0.05) is 32.6 Å². The fraction of sp³-hybridized carbons (Fsp3) is 0.833. The molecule has 1 unspecified atom stereocenters. The molecule has 4 heteroatoms. The largest absolute Gasteiger partial charge is 0.340 e. The molecule has 16 heavy (non-hydrogen) atoms. The fourth-order valence-electron chi connectivity index (χ4n) is 2.09. The van der Waals surface area contributed by atoms with Gasteiger partial charge in [0.1, 0.15) is 0 Å². The third-order valence-corrected chi connectivity index (χ3v) is 3.11. The second-order valence-electron chi connectivity index (χ2n) is 4.22. The normalized spacial score (nSPS) is 19.2. The number of nitrogens with zero attached hydrogens (tertiary/aromatic N) is 3. The second kappa shape index (κ2) is 6.49. The van der Waals surface area contributed by atoms with E-state index in [1.807, 2.05) is 18.7 Å². The lowest BCUT2D eigenvalue weighted by molar-refractivity contribution is -0.133. The lowest BCUT2D eigenvalue weighted by Crippen LogP contribution is -2.51. The number of hydrogen-bond acceptors (Lipinski definition) is 3. The van der Waals surface area contributed by atoms with Crippen LogP contribution in [0.5, 0.6) is 0 Å². The maximum Gasteiger partial charge on any atom is 0.222 e. The van der Waals surface area contributed by atoms with Gasteiger partial charge in [-0.3, -0.25) is 9.69 Å². The maximum absolute atomic E-state index is 11.7. The van der Waals surface area contributed by atoms with Crippen molar-refractivity contribution in [2.24, 2.45) is 0 Å². The third kappa shape index (κ3) is 3.21. The Kier molecular flexibility index (Phi) is 5.27. The average molecular weight is 223 g/mol. The molecule has 0 N–H and O–H groups in total. The molecule has 1 rings (SSSR count). The quantitative estimate of drug-likeness (QED) is 0.720. The minimum Gasteiger partial charge on any atom is -0.340 e. The van der Waals surface area contributed by atoms with Crippen LogP contribution in [0.4, 0.5) is 0 Å². The predicted molar refractivity (Wildman–Crippen MR) is 62.8 cm³/mol. The molecule has 1 amide bonds. The standard InChI is InChI=1S/C12H21N3O/c1-3-5-12(16)15-8-6-14(7-9-15)11(4-2)10-13/h11H,3-9H2,1-2H3. The molecular weight excluding hydrogens is 202 g/mol. The van der Waals surface area contributed by atoms with E-state index in [9.17, 15) is 4.79 Å². The van der Waals surface area contributed by atoms with Crippen LogP contribution in [0.2, 0.25) is 0 Å². The van der Waals surface area contributed by atoms with Crippen LogP contribution in [0, 0.1) is 11.3 Å². The highest BCUT2D eigenvalue weighted by Gasteiger charge is 2.24. The number of carbonyl (C=O) groups is 1. The summed E-state index contributed by atoms with van der Waals surface area (Å²) in [5.74, 6) is 0.257. The van der Waals surface area contributed by atoms with Crippen molar-refractivity contribution in [3.05, 3.63) is 0 Å². The number of nitriles is 1. The molecule has 1 aliphatic rings. The number of amides is 1. The monoisotopic (exact) mass is 223 g/mol. The highest BCUT2D eigenvalue weighted by molar-refractivity contribution is 5.76. The van der Waals surface area contributed by atoms with Crippen LogP contribution in [0.25, 0.3) is 0 Å². The SMILES string of the molecule is CCCC(=O)N1CCN(C(C#N)CC)CC1. The molecular formula is C12H21N3O. The van der Waals surface area contributed by atoms with E-state index < -0.39 is 0 Å². The molecule has 1 atom stereocenters. The number of piperazine rings is 1. The first-order chi connectivity index (χ1) is 7.72. The predicted octanol–water partition coefficient (Wildman–Crippen LogP) is 1.23. The topological polar surface area (TPSA) is 47.3 Å². The van der Waals surface area contributed by atoms with Gasteiger partial charge in [0.05, 0.1) is 12.1 Å². The molecule has 0 aromatic carbocycles. The van der Waals surface area contributed by atoms with Crippen molar-refractivity contribution >= 4 is 5.91 Å². The first kappa shape index (κ1) is 13.0. The summed E-state index contributed by atoms with van der Waals surface area (Å²) in [7, 11) is 0. The molecule has 0 spiro atoms. The third-order valence-electron chi connectivity index (χ3n) is 3.11. The van der Waals surface area contributed by atoms with Gasteiger partial charge >= 0.3 is 0 Å². The minimum atomic E-state index is 0.0171. The summed E-state index contributed by atoms with van der Waals surface area (Å²) >= 11 is 0. The van der Waals surface area contributed by atoms with E-state index in [1.54, 1.807) is 0 Å². The summed E-state index contributed by atoms with van der Waals surface area (Å²) < 4.78 is 0. The van der Waals surface area contributed by atoms with E-state index in [0.29, 0.717) is 6.42 Å². The number of hydrogen-bond donors (Lipinski definition) is 0. The van der Waals surface area contributed by atoms with Crippen LogP contribution in [0.1, 0.15) is 33.1 Å². The molecule has 0 aromatic heterocycles. The molecule has 90 valence electrons. The van der Waals surface area contributed by atoms with Crippen molar-refractivity contribution < 1.29 is 4.79 Å². The first-order valence-corrected chi connectivity index (χ1v) is 6.14. The number of rotatable bonds is 4. The van der Waals surface area contributed by atoms with Gasteiger partial charge in [-0.1, -0.05) is 13.8 Å². The van der Waals surface area contributed by atoms with Crippen LogP contribution >= 0.6 is 0 Å². The summed E-state index contributed by atoms with van der Waals surface area (Å²) in [6, 6.07) is 2.33. The molecule has 1 aliphatic heterocycles. The summed E-state index contributed by atoms with van der Waals surface area (Å²) in [6.45, 7) is 7.27. The van der Waals surface area contributed by atoms with Gasteiger partial charge in [-0.2, -0.15) is 5.26 Å². The Bertz CT molecular complexity index is 264. The van der Waals surface area contributed by atoms with Crippen LogP contribution in [-0.4, -0.2) is 47.9 Å². The summed E-state index contributed by atoms with van der Waals surface area (Å²) in [5.41, 5.74) is 0. The summed E-state index contributed by atoms with van der Waals surface area (Å²) in [4.78, 5) is 15.8. The number of carbonyl (C=O) groups excluding carboxylic acids is 1. The van der Waals surface area contributed by atoms with Gasteiger partial charge < -0.3 is 4.90 Å². The average Bonchev–Trinajstić information content (AvgIpc) is 2.32. The van der Waals surface area contributed by atoms with Crippen molar-refractivity contribution in [3.8, 4) is 6.07 Å². The molecule has 0 saturated carbocycles. The lowest BCUT2D eigenvalue weighted by atomic mass is 10.1. The van der Waals surface area contributed by atoms with Gasteiger partial charge in [0.15, 0.2) is 0 Å². The van der Waals surface area contributed by atoms with Crippen LogP contribution in [0.15, 0.2) is 0 Å². The molecule has 1 fully saturated rings. The van der Waals surface area contributed by atoms with Crippen LogP contribution < -0.4 is 0 Å². The fourth-order valence-corrected chi connectivity index (χ4v) is 2.09. The van der Waals surface area contributed by atoms with Gasteiger partial charge in [0.2, 0.25) is 5.91 Å². The van der Waals surface area contributed by atoms with Crippen molar-refractivity contribution in [3.63, 3.8) is 0 Å². The van der Waals surface area contributed by atoms with Gasteiger partial charge in [-0.05, 0) is 12.8 Å². The van der Waals surface area contributed by atoms with E-state index in [-0.39, 0.29) is 11.9 Å². The van der Waals surface area contributed by atoms with Gasteiger partial charge in [0.25, 0.3) is 0 Å². The van der Waals surface area contributed by atoms with E-state index in [2.05, 4.69) is 11.0 Å². The van der Waals surface area contributed by atoms with E-state index in [1.165, 1.54) is 0 Å². The van der Waals surface area contributed by atoms with Crippen molar-refractivity contribution in [1.29, 1.82) is 5.26 Å². The lowest BCUT2D eigenvalue weighted by Gasteiger charge is -2.36. The molecule has 1 heterocycles. The highest BCUT2D eigenvalue weighted by atomic mass is 16.2. The zero-order chi connectivity index (χ0) is 12.0. The van der Waals surface area contributed by atoms with Gasteiger partial charge in [-0.25, -0.2) is 0 Å². The summed E-state index contributed by atoms with van der Waals surface area (Å²) in [6.07, 6.45) is 2.42. The van der Waals surface area contributed by atoms with Crippen molar-refractivity contribution in [2.75, 3.05) is 26.2 Å². The highest BCUT2D eigenvalue weighted by Crippen LogP contribution is 2.10. The minimum absolute atomic E-state index is 0.0171. The Morgan fingerprint density at radius 1 is 1.31 bits per heavy atom. The summed E-state index contributed by atoms with van der Waals surface area (Å²) in [5, 5.41) is 8.97. The zero-order valence-corrected chi connectivity index (χ0v) is 10.3. The Morgan fingerprint density at radius 3 is 2.38 bits per heavy atom.